The Labute approximate surface area is 829 Å². The van der Waals surface area contributed by atoms with Gasteiger partial charge in [-0.05, 0) is 361 Å². The molecule has 24 bridgehead atoms. The first-order valence-corrected chi connectivity index (χ1v) is 50.7. The summed E-state index contributed by atoms with van der Waals surface area (Å²) in [4.78, 5) is 139. The maximum atomic E-state index is 13.4. The number of hydrogen-bond acceptors (Lipinski definition) is 30. The number of ether oxygens (including phenoxy) is 12. The average molecular weight is 2080 g/mol. The van der Waals surface area contributed by atoms with Crippen LogP contribution in [0, 0.1) is 120 Å². The van der Waals surface area contributed by atoms with Crippen LogP contribution in [0.2, 0.25) is 0 Å². The summed E-state index contributed by atoms with van der Waals surface area (Å²) in [6, 6.07) is 0. The molecule has 0 aromatic heterocycles. The quantitative estimate of drug-likeness (QED) is 0.0221. The highest BCUT2D eigenvalue weighted by Crippen LogP contribution is 2.69. The first kappa shape index (κ1) is 114. The predicted molar refractivity (Wildman–Crippen MR) is 475 cm³/mol. The summed E-state index contributed by atoms with van der Waals surface area (Å²) in [5.41, 5.74) is -13.7. The topological polar surface area (TPSA) is 437 Å². The fourth-order valence-electron chi connectivity index (χ4n) is 31.0. The Bertz CT molecular complexity index is 4630. The van der Waals surface area contributed by atoms with Crippen molar-refractivity contribution in [2.75, 3.05) is 79.3 Å². The molecule has 42 heteroatoms. The number of hydrogen-bond donors (Lipinski definition) is 6. The molecule has 24 aliphatic carbocycles. The van der Waals surface area contributed by atoms with E-state index in [9.17, 15) is 141 Å². The molecule has 0 radical (unpaired) electrons. The van der Waals surface area contributed by atoms with Crippen LogP contribution in [0.3, 0.4) is 0 Å². The number of carbonyl (C=O) groups excluding carboxylic acids is 12. The van der Waals surface area contributed by atoms with Crippen molar-refractivity contribution in [1.82, 2.24) is 0 Å². The van der Waals surface area contributed by atoms with Crippen molar-refractivity contribution in [2.24, 2.45) is 120 Å². The molecule has 0 heterocycles. The number of alkyl halides is 12. The van der Waals surface area contributed by atoms with Gasteiger partial charge >= 0.3 is 95.8 Å². The predicted octanol–water partition coefficient (Wildman–Crippen LogP) is 14.3. The van der Waals surface area contributed by atoms with Crippen LogP contribution in [0.15, 0.2) is 0 Å². The highest BCUT2D eigenvalue weighted by Gasteiger charge is 2.66. The van der Waals surface area contributed by atoms with Gasteiger partial charge in [0.2, 0.25) is 11.3 Å². The molecule has 0 aliphatic heterocycles. The first-order chi connectivity index (χ1) is 66.3. The molecule has 0 aromatic carbocycles. The molecule has 6 N–H and O–H groups in total. The van der Waals surface area contributed by atoms with Crippen LogP contribution in [0.1, 0.15) is 294 Å². The lowest BCUT2D eigenvalue weighted by molar-refractivity contribution is -0.226. The molecule has 12 atom stereocenters. The summed E-state index contributed by atoms with van der Waals surface area (Å²) in [7, 11) is 0. The SMILES string of the molecule is CC(C)(C(=O)OCC(=O)OCC12CC3CC(CC(CO)(C3)C1)C2)C(F)(F)F.CC(C)(C(=O)OCC(=O)OCC12CC3CC(CC(O)(C3)C1)C2)C(F)(F)F.CC(C)(F)C(=O)OCC(=O)OCC12CC3CC(CC(CO)(C3)C1)C2.CC(C)(F)C(=O)OCC(=O)OCC12CC3CC(CC(O)(C3)C1)C2.CC(F)(F)C(=O)OCC(=O)OC12CC3CC(C1)C(O)C(C3)C2.CC(F)(F)C(=O)OCC(=O)OC12CC3CC(CC(O)(C3)C1)C2. The zero-order valence-electron chi connectivity index (χ0n) is 83.8. The molecule has 24 saturated carbocycles. The van der Waals surface area contributed by atoms with E-state index < -0.39 is 186 Å². The summed E-state index contributed by atoms with van der Waals surface area (Å²) in [6.45, 7) is 4.76. The number of aliphatic hydroxyl groups excluding tert-OH is 3. The van der Waals surface area contributed by atoms with Crippen LogP contribution in [0.4, 0.5) is 52.7 Å². The van der Waals surface area contributed by atoms with E-state index in [1.54, 1.807) is 0 Å². The van der Waals surface area contributed by atoms with E-state index in [-0.39, 0.29) is 83.5 Å². The van der Waals surface area contributed by atoms with E-state index in [1.165, 1.54) is 12.8 Å². The van der Waals surface area contributed by atoms with Crippen LogP contribution in [-0.4, -0.2) is 251 Å². The molecule has 30 nitrogen and oxygen atoms in total. The average Bonchev–Trinajstić information content (AvgIpc) is 0.726. The normalized spacial score (nSPS) is 37.6. The van der Waals surface area contributed by atoms with Gasteiger partial charge in [-0.25, -0.2) is 56.7 Å². The Balaban J connectivity index is 0.000000145. The van der Waals surface area contributed by atoms with Crippen molar-refractivity contribution < 1.29 is 198 Å². The fraction of sp³-hybridized carbons (Fsp3) is 0.882. The van der Waals surface area contributed by atoms with Gasteiger partial charge in [0, 0.05) is 55.1 Å². The van der Waals surface area contributed by atoms with Gasteiger partial charge in [0.25, 0.3) is 0 Å². The largest absolute Gasteiger partial charge is 0.463 e. The van der Waals surface area contributed by atoms with E-state index in [0.717, 1.165) is 195 Å². The van der Waals surface area contributed by atoms with Crippen molar-refractivity contribution in [3.8, 4) is 0 Å². The summed E-state index contributed by atoms with van der Waals surface area (Å²) < 4.78 is 213. The molecule has 24 rings (SSSR count). The van der Waals surface area contributed by atoms with Crippen LogP contribution >= 0.6 is 0 Å². The van der Waals surface area contributed by atoms with Gasteiger partial charge in [-0.3, -0.25) is 9.59 Å². The minimum atomic E-state index is -4.76. The van der Waals surface area contributed by atoms with Gasteiger partial charge in [-0.1, -0.05) is 0 Å². The van der Waals surface area contributed by atoms with E-state index in [4.69, 9.17) is 28.4 Å². The Morgan fingerprint density at radius 2 is 0.486 bits per heavy atom. The maximum absolute atomic E-state index is 13.4. The van der Waals surface area contributed by atoms with Crippen molar-refractivity contribution in [3.63, 3.8) is 0 Å². The second-order valence-corrected chi connectivity index (χ2v) is 50.1. The molecule has 0 amide bonds. The number of esters is 12. The first-order valence-electron chi connectivity index (χ1n) is 50.7. The maximum Gasteiger partial charge on any atom is 0.404 e. The van der Waals surface area contributed by atoms with Crippen molar-refractivity contribution in [2.45, 2.75) is 364 Å². The van der Waals surface area contributed by atoms with Gasteiger partial charge in [0.15, 0.2) is 50.5 Å². The lowest BCUT2D eigenvalue weighted by Crippen LogP contribution is -2.60. The fourth-order valence-corrected chi connectivity index (χ4v) is 31.0. The van der Waals surface area contributed by atoms with Gasteiger partial charge in [0.05, 0.1) is 49.3 Å². The van der Waals surface area contributed by atoms with Gasteiger partial charge in [0.1, 0.15) is 11.2 Å². The third kappa shape index (κ3) is 27.1. The monoisotopic (exact) mass is 2080 g/mol. The molecular weight excluding hydrogens is 1930 g/mol. The Kier molecular flexibility index (Phi) is 32.7. The van der Waals surface area contributed by atoms with Crippen molar-refractivity contribution in [3.05, 3.63) is 0 Å². The van der Waals surface area contributed by atoms with Crippen molar-refractivity contribution >= 4 is 71.6 Å². The minimum Gasteiger partial charge on any atom is -0.463 e. The van der Waals surface area contributed by atoms with E-state index >= 15 is 0 Å². The van der Waals surface area contributed by atoms with Crippen LogP contribution < -0.4 is 0 Å². The third-order valence-electron chi connectivity index (χ3n) is 34.6. The molecular formula is C102H144F12O30. The molecule has 12 unspecified atom stereocenters. The number of halogens is 12. The Morgan fingerprint density at radius 3 is 0.743 bits per heavy atom. The van der Waals surface area contributed by atoms with Gasteiger partial charge in [-0.15, -0.1) is 0 Å². The summed E-state index contributed by atoms with van der Waals surface area (Å²) in [5, 5.41) is 61.7. The number of rotatable bonds is 30. The number of carbonyl (C=O) groups is 12. The molecule has 0 spiro atoms. The smallest absolute Gasteiger partial charge is 0.404 e. The Hall–Kier alpha value is -7.44. The summed E-state index contributed by atoms with van der Waals surface area (Å²) in [6.07, 6.45) is 21.1. The summed E-state index contributed by atoms with van der Waals surface area (Å²) >= 11 is 0. The molecule has 24 fully saturated rings. The lowest BCUT2D eigenvalue weighted by atomic mass is 9.44. The molecule has 0 saturated heterocycles. The minimum absolute atomic E-state index is 0.00120. The Morgan fingerprint density at radius 1 is 0.257 bits per heavy atom. The zero-order chi connectivity index (χ0) is 106. The van der Waals surface area contributed by atoms with Crippen LogP contribution in [-0.2, 0) is 114 Å². The third-order valence-corrected chi connectivity index (χ3v) is 34.6. The van der Waals surface area contributed by atoms with Crippen molar-refractivity contribution in [1.29, 1.82) is 0 Å². The van der Waals surface area contributed by atoms with E-state index in [1.807, 2.05) is 0 Å². The van der Waals surface area contributed by atoms with Gasteiger partial charge < -0.3 is 87.5 Å². The second kappa shape index (κ2) is 41.4. The molecule has 0 aromatic rings. The second-order valence-electron chi connectivity index (χ2n) is 50.1. The molecule has 144 heavy (non-hydrogen) atoms. The summed E-state index contributed by atoms with van der Waals surface area (Å²) in [5.74, 6) is -14.9. The van der Waals surface area contributed by atoms with Crippen LogP contribution in [0.5, 0.6) is 0 Å². The van der Waals surface area contributed by atoms with E-state index in [2.05, 4.69) is 28.4 Å². The molecule has 816 valence electrons. The molecule has 24 aliphatic rings. The van der Waals surface area contributed by atoms with Crippen LogP contribution in [0.25, 0.3) is 0 Å². The lowest BCUT2D eigenvalue weighted by Gasteiger charge is -2.61. The number of aliphatic hydroxyl groups is 6. The van der Waals surface area contributed by atoms with Gasteiger partial charge in [-0.2, -0.15) is 43.9 Å². The van der Waals surface area contributed by atoms with E-state index in [0.29, 0.717) is 158 Å². The zero-order valence-corrected chi connectivity index (χ0v) is 83.8. The standard InChI is InChI=1S/C19H27F3O5.C18H25F3O5.C18H27FO5.C17H25FO5.2C15H20F2O5/c1-16(2,19(20,21)22)15(25)26-8-14(24)27-11-18-6-12-3-13(7-18)5-17(4-12,9-18)10-23;1-15(2,18(19,20)21)14(23)25-8-13(22)26-10-16-4-11-3-12(5-16)7-17(24,6-11)9-16;1-16(2,19)15(22)23-8-14(21)24-11-18-6-12-3-13(7-18)5-17(4-12,9-18)10-20;1-15(2,18)14(20)22-8-13(19)23-10-16-4-11-3-12(5-16)7-17(21,6-11)9-16;1-13(16,17)12(19)21-7-11(18)22-15-5-9-2-10(6-15)4-14(20,3-9)8-15;1-14(16,17)13(20)21-7-11(18)22-15-4-8-2-9(5-15)12(19)10(3-8)6-15/h12-13,23H,3-11H2,1-2H3;11-12,24H,3-10H2,1-2H3;12-13,20H,3-11H2,1-2H3;11-12,21H,3-10H2,1-2H3;9-10,20H,2-8H2,1H3;8-10,12,19H,2-7H2,1H3. The highest BCUT2D eigenvalue weighted by atomic mass is 19.4. The highest BCUT2D eigenvalue weighted by molar-refractivity contribution is 5.84.